The molecule has 1 aliphatic heterocycles. The van der Waals surface area contributed by atoms with Gasteiger partial charge in [-0.2, -0.15) is 0 Å². The SMILES string of the molecule is Cc1c(C(=O)O)oc2ccc(S(=O)(=O)N(CCc3ccccc3)c3ccccc3C3C4CC5CN(C(=O)c6sccc6Br)CC3C54)cc12. The summed E-state index contributed by atoms with van der Waals surface area (Å²) in [7, 11) is -4.10. The molecule has 1 amide bonds. The minimum absolute atomic E-state index is 0.0563. The fourth-order valence-electron chi connectivity index (χ4n) is 8.48. The van der Waals surface area contributed by atoms with Gasteiger partial charge in [-0.25, -0.2) is 13.2 Å². The third-order valence-electron chi connectivity index (χ3n) is 10.7. The third kappa shape index (κ3) is 5.01. The number of carboxylic acids is 1. The molecule has 0 bridgehead atoms. The first-order chi connectivity index (χ1) is 23.1. The normalized spacial score (nSPS) is 22.9. The van der Waals surface area contributed by atoms with E-state index in [1.807, 2.05) is 64.9 Å². The molecule has 2 aliphatic carbocycles. The van der Waals surface area contributed by atoms with E-state index in [0.717, 1.165) is 33.4 Å². The molecular weight excluding hydrogens is 712 g/mol. The predicted octanol–water partition coefficient (Wildman–Crippen LogP) is 7.82. The Balaban J connectivity index is 1.17. The highest BCUT2D eigenvalue weighted by Gasteiger charge is 2.64. The minimum atomic E-state index is -4.10. The molecule has 8 nitrogen and oxygen atoms in total. The number of furan rings is 1. The van der Waals surface area contributed by atoms with E-state index >= 15 is 0 Å². The van der Waals surface area contributed by atoms with Gasteiger partial charge < -0.3 is 14.4 Å². The number of amides is 1. The first kappa shape index (κ1) is 31.3. The zero-order valence-electron chi connectivity index (χ0n) is 26.1. The second-order valence-corrected chi connectivity index (χ2v) is 16.8. The molecule has 5 aromatic rings. The second-order valence-electron chi connectivity index (χ2n) is 13.1. The zero-order valence-corrected chi connectivity index (χ0v) is 29.3. The van der Waals surface area contributed by atoms with Crippen molar-refractivity contribution >= 4 is 65.8 Å². The summed E-state index contributed by atoms with van der Waals surface area (Å²) >= 11 is 4.99. The number of likely N-dealkylation sites (tertiary alicyclic amines) is 1. The molecule has 48 heavy (non-hydrogen) atoms. The van der Waals surface area contributed by atoms with Crippen LogP contribution in [0.1, 0.15) is 49.3 Å². The molecule has 0 radical (unpaired) electrons. The summed E-state index contributed by atoms with van der Waals surface area (Å²) in [5, 5.41) is 12.0. The number of para-hydroxylation sites is 1. The van der Waals surface area contributed by atoms with Gasteiger partial charge in [-0.1, -0.05) is 48.5 Å². The van der Waals surface area contributed by atoms with Gasteiger partial charge in [0, 0.05) is 35.1 Å². The number of hydrogen-bond donors (Lipinski definition) is 1. The smallest absolute Gasteiger partial charge is 0.372 e. The number of carboxylic acid groups (broad SMARTS) is 1. The van der Waals surface area contributed by atoms with Crippen LogP contribution in [0.15, 0.2) is 98.0 Å². The number of piperidine rings is 1. The number of fused-ring (bicyclic) bond motifs is 1. The van der Waals surface area contributed by atoms with Crippen LogP contribution in [-0.4, -0.2) is 49.9 Å². The number of sulfonamides is 1. The Labute approximate surface area is 291 Å². The predicted molar refractivity (Wildman–Crippen MR) is 188 cm³/mol. The van der Waals surface area contributed by atoms with Gasteiger partial charge >= 0.3 is 5.97 Å². The molecule has 3 fully saturated rings. The average molecular weight is 746 g/mol. The first-order valence-electron chi connectivity index (χ1n) is 16.1. The molecule has 5 unspecified atom stereocenters. The molecule has 11 heteroatoms. The molecule has 3 heterocycles. The van der Waals surface area contributed by atoms with Crippen molar-refractivity contribution < 1.29 is 27.5 Å². The summed E-state index contributed by atoms with van der Waals surface area (Å²) in [6, 6.07) is 24.1. The van der Waals surface area contributed by atoms with Crippen LogP contribution < -0.4 is 4.31 Å². The van der Waals surface area contributed by atoms with Crippen LogP contribution >= 0.6 is 27.3 Å². The molecule has 8 rings (SSSR count). The van der Waals surface area contributed by atoms with Gasteiger partial charge in [0.15, 0.2) is 0 Å². The van der Waals surface area contributed by atoms with E-state index in [2.05, 4.69) is 22.0 Å². The summed E-state index contributed by atoms with van der Waals surface area (Å²) in [5.74, 6) is 0.526. The quantitative estimate of drug-likeness (QED) is 0.165. The number of hydrogen-bond acceptors (Lipinski definition) is 6. The van der Waals surface area contributed by atoms with E-state index in [-0.39, 0.29) is 34.9 Å². The van der Waals surface area contributed by atoms with Crippen LogP contribution in [0.2, 0.25) is 0 Å². The average Bonchev–Trinajstić information content (AvgIpc) is 3.64. The maximum atomic E-state index is 14.7. The lowest BCUT2D eigenvalue weighted by molar-refractivity contribution is -0.157. The van der Waals surface area contributed by atoms with Crippen LogP contribution in [-0.2, 0) is 16.4 Å². The molecule has 1 N–H and O–H groups in total. The molecular formula is C37H33BrN2O6S2. The van der Waals surface area contributed by atoms with E-state index < -0.39 is 16.0 Å². The Morgan fingerprint density at radius 2 is 1.79 bits per heavy atom. The summed E-state index contributed by atoms with van der Waals surface area (Å²) in [6.45, 7) is 3.27. The van der Waals surface area contributed by atoms with Crippen molar-refractivity contribution in [3.05, 3.63) is 116 Å². The summed E-state index contributed by atoms with van der Waals surface area (Å²) < 4.78 is 37.4. The van der Waals surface area contributed by atoms with E-state index in [4.69, 9.17) is 4.42 Å². The maximum absolute atomic E-state index is 14.7. The number of rotatable bonds is 9. The molecule has 2 aromatic heterocycles. The minimum Gasteiger partial charge on any atom is -0.475 e. The number of anilines is 1. The first-order valence-corrected chi connectivity index (χ1v) is 19.2. The Morgan fingerprint density at radius 3 is 2.54 bits per heavy atom. The van der Waals surface area contributed by atoms with Crippen molar-refractivity contribution in [1.82, 2.24) is 4.90 Å². The summed E-state index contributed by atoms with van der Waals surface area (Å²) in [5.41, 5.74) is 3.39. The van der Waals surface area contributed by atoms with Crippen LogP contribution in [0.3, 0.4) is 0 Å². The van der Waals surface area contributed by atoms with Crippen molar-refractivity contribution in [2.24, 2.45) is 23.7 Å². The van der Waals surface area contributed by atoms with Gasteiger partial charge in [0.1, 0.15) is 10.5 Å². The Hall–Kier alpha value is -3.93. The third-order valence-corrected chi connectivity index (χ3v) is 14.4. The number of carbonyl (C=O) groups excluding carboxylic acids is 1. The van der Waals surface area contributed by atoms with Crippen LogP contribution in [0, 0.1) is 30.6 Å². The van der Waals surface area contributed by atoms with E-state index in [1.54, 1.807) is 6.92 Å². The number of benzene rings is 3. The maximum Gasteiger partial charge on any atom is 0.372 e. The van der Waals surface area contributed by atoms with Gasteiger partial charge in [0.25, 0.3) is 15.9 Å². The highest BCUT2D eigenvalue weighted by molar-refractivity contribution is 9.10. The van der Waals surface area contributed by atoms with Gasteiger partial charge in [-0.15, -0.1) is 11.3 Å². The van der Waals surface area contributed by atoms with Crippen LogP contribution in [0.25, 0.3) is 11.0 Å². The molecule has 0 spiro atoms. The van der Waals surface area contributed by atoms with E-state index in [1.165, 1.54) is 33.8 Å². The topological polar surface area (TPSA) is 108 Å². The van der Waals surface area contributed by atoms with E-state index in [0.29, 0.717) is 52.9 Å². The standard InChI is InChI=1S/C37H33BrN2O6S2/c1-21-26-18-24(11-12-31(26)46-34(21)37(42)43)48(44,45)40(15-13-22-7-3-2-4-8-22)30-10-6-5-9-25(30)33-27-17-23-19-39(20-28(33)32(23)27)36(41)35-29(38)14-16-47-35/h2-12,14,16,18,23,27-28,32-33H,13,15,17,19-20H2,1H3,(H,42,43). The summed E-state index contributed by atoms with van der Waals surface area (Å²) in [4.78, 5) is 28.1. The highest BCUT2D eigenvalue weighted by atomic mass is 79.9. The van der Waals surface area contributed by atoms with Crippen molar-refractivity contribution in [3.63, 3.8) is 0 Å². The van der Waals surface area contributed by atoms with Crippen LogP contribution in [0.5, 0.6) is 0 Å². The van der Waals surface area contributed by atoms with Crippen LogP contribution in [0.4, 0.5) is 5.69 Å². The molecule has 1 saturated heterocycles. The zero-order chi connectivity index (χ0) is 33.3. The molecule has 5 atom stereocenters. The Kier molecular flexibility index (Phi) is 7.76. The fourth-order valence-corrected chi connectivity index (χ4v) is 11.5. The number of thiophene rings is 1. The van der Waals surface area contributed by atoms with E-state index in [9.17, 15) is 23.1 Å². The van der Waals surface area contributed by atoms with Gasteiger partial charge in [-0.3, -0.25) is 9.10 Å². The Morgan fingerprint density at radius 1 is 1.02 bits per heavy atom. The number of aryl methyl sites for hydroxylation is 1. The van der Waals surface area contributed by atoms with Crippen molar-refractivity contribution in [3.8, 4) is 0 Å². The Bertz CT molecular complexity index is 2180. The number of aromatic carboxylic acids is 1. The largest absolute Gasteiger partial charge is 0.475 e. The molecule has 2 saturated carbocycles. The lowest BCUT2D eigenvalue weighted by Crippen LogP contribution is -2.67. The molecule has 246 valence electrons. The lowest BCUT2D eigenvalue weighted by atomic mass is 9.40. The number of carbonyl (C=O) groups is 2. The van der Waals surface area contributed by atoms with Gasteiger partial charge in [0.2, 0.25) is 5.76 Å². The van der Waals surface area contributed by atoms with Crippen molar-refractivity contribution in [2.75, 3.05) is 23.9 Å². The fraction of sp³-hybridized carbons (Fsp3) is 0.297. The van der Waals surface area contributed by atoms with Crippen molar-refractivity contribution in [2.45, 2.75) is 30.6 Å². The highest BCUT2D eigenvalue weighted by Crippen LogP contribution is 2.68. The van der Waals surface area contributed by atoms with Gasteiger partial charge in [0.05, 0.1) is 10.6 Å². The summed E-state index contributed by atoms with van der Waals surface area (Å²) in [6.07, 6.45) is 1.53. The number of nitrogens with zero attached hydrogens (tertiary/aromatic N) is 2. The lowest BCUT2D eigenvalue weighted by Gasteiger charge is -2.68. The van der Waals surface area contributed by atoms with Gasteiger partial charge in [-0.05, 0) is 112 Å². The second kappa shape index (κ2) is 11.9. The monoisotopic (exact) mass is 744 g/mol. The number of halogens is 1. The van der Waals surface area contributed by atoms with Crippen molar-refractivity contribution in [1.29, 1.82) is 0 Å². The molecule has 3 aliphatic rings. The molecule has 3 aromatic carbocycles.